The topological polar surface area (TPSA) is 103 Å². The van der Waals surface area contributed by atoms with Crippen molar-refractivity contribution in [3.63, 3.8) is 0 Å². The van der Waals surface area contributed by atoms with E-state index < -0.39 is 12.6 Å². The Morgan fingerprint density at radius 1 is 1.26 bits per heavy atom. The second-order valence-corrected chi connectivity index (χ2v) is 4.43. The quantitative estimate of drug-likeness (QED) is 0.756. The number of methoxy groups -OCH3 is 2. The van der Waals surface area contributed by atoms with Gasteiger partial charge in [-0.05, 0) is 18.2 Å². The van der Waals surface area contributed by atoms with E-state index in [1.54, 1.807) is 20.3 Å². The smallest absolute Gasteiger partial charge is 0.341 e. The molecule has 0 radical (unpaired) electrons. The first-order valence-corrected chi connectivity index (χ1v) is 6.74. The molecule has 0 aliphatic rings. The second-order valence-electron chi connectivity index (χ2n) is 4.43. The molecule has 8 nitrogen and oxygen atoms in total. The molecule has 0 amide bonds. The number of carboxylic acid groups (broad SMARTS) is 1. The van der Waals surface area contributed by atoms with Crippen LogP contribution in [0.15, 0.2) is 30.5 Å². The van der Waals surface area contributed by atoms with Crippen LogP contribution in [0.5, 0.6) is 17.4 Å². The van der Waals surface area contributed by atoms with Crippen LogP contribution in [-0.2, 0) is 11.3 Å². The lowest BCUT2D eigenvalue weighted by molar-refractivity contribution is -0.139. The predicted octanol–water partition coefficient (Wildman–Crippen LogP) is 1.57. The standard InChI is InChI=1S/C15H17N3O5/c1-21-11-3-4-12(22-2)10(7-11)8-17-15-16-6-5-13(18-15)23-9-14(19)20/h3-7H,8-9H2,1-2H3,(H,19,20)(H,16,17,18). The number of nitrogens with one attached hydrogen (secondary N) is 1. The van der Waals surface area contributed by atoms with Gasteiger partial charge < -0.3 is 24.6 Å². The summed E-state index contributed by atoms with van der Waals surface area (Å²) in [6.07, 6.45) is 1.48. The fourth-order valence-corrected chi connectivity index (χ4v) is 1.84. The molecule has 2 rings (SSSR count). The van der Waals surface area contributed by atoms with Gasteiger partial charge in [0.2, 0.25) is 11.8 Å². The molecule has 0 saturated heterocycles. The van der Waals surface area contributed by atoms with Crippen LogP contribution in [0.25, 0.3) is 0 Å². The van der Waals surface area contributed by atoms with Gasteiger partial charge in [-0.1, -0.05) is 0 Å². The summed E-state index contributed by atoms with van der Waals surface area (Å²) in [6, 6.07) is 6.94. The normalized spacial score (nSPS) is 10.0. The lowest BCUT2D eigenvalue weighted by Gasteiger charge is -2.11. The highest BCUT2D eigenvalue weighted by atomic mass is 16.5. The Hall–Kier alpha value is -3.03. The van der Waals surface area contributed by atoms with Gasteiger partial charge in [0.05, 0.1) is 14.2 Å². The van der Waals surface area contributed by atoms with Crippen molar-refractivity contribution in [2.75, 3.05) is 26.1 Å². The van der Waals surface area contributed by atoms with Crippen LogP contribution in [-0.4, -0.2) is 41.9 Å². The molecule has 0 spiro atoms. The average molecular weight is 319 g/mol. The van der Waals surface area contributed by atoms with E-state index in [1.807, 2.05) is 12.1 Å². The highest BCUT2D eigenvalue weighted by Gasteiger charge is 2.07. The van der Waals surface area contributed by atoms with Crippen LogP contribution in [0.3, 0.4) is 0 Å². The van der Waals surface area contributed by atoms with Gasteiger partial charge in [-0.15, -0.1) is 0 Å². The van der Waals surface area contributed by atoms with Crippen molar-refractivity contribution in [2.45, 2.75) is 6.54 Å². The monoisotopic (exact) mass is 319 g/mol. The van der Waals surface area contributed by atoms with Crippen LogP contribution < -0.4 is 19.5 Å². The number of aliphatic carboxylic acids is 1. The molecule has 0 aliphatic heterocycles. The minimum absolute atomic E-state index is 0.183. The number of hydrogen-bond acceptors (Lipinski definition) is 7. The first kappa shape index (κ1) is 16.3. The van der Waals surface area contributed by atoms with E-state index in [9.17, 15) is 4.79 Å². The molecule has 1 aromatic heterocycles. The second kappa shape index (κ2) is 7.83. The van der Waals surface area contributed by atoms with E-state index in [-0.39, 0.29) is 5.88 Å². The molecular weight excluding hydrogens is 302 g/mol. The fraction of sp³-hybridized carbons (Fsp3) is 0.267. The third kappa shape index (κ3) is 4.73. The summed E-state index contributed by atoms with van der Waals surface area (Å²) in [5.41, 5.74) is 0.868. The maximum atomic E-state index is 10.5. The molecule has 0 fully saturated rings. The van der Waals surface area contributed by atoms with Crippen molar-refractivity contribution in [3.05, 3.63) is 36.0 Å². The molecule has 0 bridgehead atoms. The molecule has 0 saturated carbocycles. The largest absolute Gasteiger partial charge is 0.497 e. The molecule has 0 aliphatic carbocycles. The van der Waals surface area contributed by atoms with Gasteiger partial charge in [0.25, 0.3) is 0 Å². The maximum absolute atomic E-state index is 10.5. The van der Waals surface area contributed by atoms with E-state index in [2.05, 4.69) is 15.3 Å². The third-order valence-corrected chi connectivity index (χ3v) is 2.90. The molecule has 0 unspecified atom stereocenters. The Bertz CT molecular complexity index is 678. The fourth-order valence-electron chi connectivity index (χ4n) is 1.84. The van der Waals surface area contributed by atoms with Crippen LogP contribution in [0.4, 0.5) is 5.95 Å². The molecule has 1 aromatic carbocycles. The number of ether oxygens (including phenoxy) is 3. The number of nitrogens with zero attached hydrogens (tertiary/aromatic N) is 2. The lowest BCUT2D eigenvalue weighted by atomic mass is 10.2. The van der Waals surface area contributed by atoms with Crippen LogP contribution in [0.2, 0.25) is 0 Å². The zero-order chi connectivity index (χ0) is 16.7. The number of anilines is 1. The Balaban J connectivity index is 2.05. The van der Waals surface area contributed by atoms with Crippen molar-refractivity contribution in [2.24, 2.45) is 0 Å². The van der Waals surface area contributed by atoms with Crippen LogP contribution in [0.1, 0.15) is 5.56 Å². The van der Waals surface area contributed by atoms with E-state index in [0.29, 0.717) is 24.0 Å². The Morgan fingerprint density at radius 2 is 2.09 bits per heavy atom. The number of carbonyl (C=O) groups is 1. The Kier molecular flexibility index (Phi) is 5.56. The van der Waals surface area contributed by atoms with Gasteiger partial charge in [0.15, 0.2) is 6.61 Å². The van der Waals surface area contributed by atoms with Crippen molar-refractivity contribution < 1.29 is 24.1 Å². The van der Waals surface area contributed by atoms with E-state index in [1.165, 1.54) is 12.3 Å². The van der Waals surface area contributed by atoms with Crippen LogP contribution >= 0.6 is 0 Å². The molecular formula is C15H17N3O5. The molecule has 2 aromatic rings. The number of benzene rings is 1. The van der Waals surface area contributed by atoms with Gasteiger partial charge in [-0.25, -0.2) is 9.78 Å². The van der Waals surface area contributed by atoms with E-state index >= 15 is 0 Å². The Labute approximate surface area is 133 Å². The van der Waals surface area contributed by atoms with E-state index in [0.717, 1.165) is 5.56 Å². The molecule has 8 heteroatoms. The summed E-state index contributed by atoms with van der Waals surface area (Å²) in [7, 11) is 3.17. The number of aromatic nitrogens is 2. The summed E-state index contributed by atoms with van der Waals surface area (Å²) in [5.74, 6) is 0.846. The number of hydrogen-bond donors (Lipinski definition) is 2. The summed E-state index contributed by atoms with van der Waals surface area (Å²) >= 11 is 0. The van der Waals surface area contributed by atoms with Gasteiger partial charge in [-0.2, -0.15) is 4.98 Å². The lowest BCUT2D eigenvalue weighted by Crippen LogP contribution is -2.11. The minimum atomic E-state index is -1.07. The average Bonchev–Trinajstić information content (AvgIpc) is 2.58. The predicted molar refractivity (Wildman–Crippen MR) is 82.0 cm³/mol. The first-order valence-electron chi connectivity index (χ1n) is 6.74. The van der Waals surface area contributed by atoms with Crippen molar-refractivity contribution in [1.82, 2.24) is 9.97 Å². The van der Waals surface area contributed by atoms with Crippen molar-refractivity contribution >= 4 is 11.9 Å². The molecule has 122 valence electrons. The van der Waals surface area contributed by atoms with Gasteiger partial charge in [0.1, 0.15) is 11.5 Å². The van der Waals surface area contributed by atoms with Crippen LogP contribution in [0, 0.1) is 0 Å². The summed E-state index contributed by atoms with van der Waals surface area (Å²) in [5, 5.41) is 11.6. The third-order valence-electron chi connectivity index (χ3n) is 2.90. The highest BCUT2D eigenvalue weighted by Crippen LogP contribution is 2.24. The SMILES string of the molecule is COc1ccc(OC)c(CNc2nccc(OCC(=O)O)n2)c1. The summed E-state index contributed by atoms with van der Waals surface area (Å²) < 4.78 is 15.5. The number of carboxylic acids is 1. The Morgan fingerprint density at radius 3 is 2.78 bits per heavy atom. The highest BCUT2D eigenvalue weighted by molar-refractivity contribution is 5.68. The van der Waals surface area contributed by atoms with Gasteiger partial charge in [-0.3, -0.25) is 0 Å². The van der Waals surface area contributed by atoms with Crippen molar-refractivity contribution in [1.29, 1.82) is 0 Å². The van der Waals surface area contributed by atoms with Gasteiger partial charge in [0, 0.05) is 24.4 Å². The summed E-state index contributed by atoms with van der Waals surface area (Å²) in [6.45, 7) is -0.0527. The zero-order valence-electron chi connectivity index (χ0n) is 12.8. The molecule has 23 heavy (non-hydrogen) atoms. The number of rotatable bonds is 8. The summed E-state index contributed by atoms with van der Waals surface area (Å²) in [4.78, 5) is 18.6. The zero-order valence-corrected chi connectivity index (χ0v) is 12.8. The minimum Gasteiger partial charge on any atom is -0.497 e. The van der Waals surface area contributed by atoms with E-state index in [4.69, 9.17) is 19.3 Å². The molecule has 2 N–H and O–H groups in total. The molecule has 1 heterocycles. The van der Waals surface area contributed by atoms with Gasteiger partial charge >= 0.3 is 5.97 Å². The molecule has 0 atom stereocenters. The van der Waals surface area contributed by atoms with Crippen molar-refractivity contribution in [3.8, 4) is 17.4 Å². The maximum Gasteiger partial charge on any atom is 0.341 e. The first-order chi connectivity index (χ1) is 11.1.